The monoisotopic (exact) mass is 308 g/mol. The fourth-order valence-electron chi connectivity index (χ4n) is 1.86. The number of anilines is 1. The van der Waals surface area contributed by atoms with Crippen LogP contribution in [-0.4, -0.2) is 18.7 Å². The molecule has 2 aromatic rings. The lowest BCUT2D eigenvalue weighted by Gasteiger charge is -2.26. The van der Waals surface area contributed by atoms with Crippen molar-refractivity contribution >= 4 is 15.7 Å². The largest absolute Gasteiger partial charge is 0.261 e. The van der Waals surface area contributed by atoms with E-state index in [4.69, 9.17) is 0 Å². The average molecular weight is 308 g/mol. The summed E-state index contributed by atoms with van der Waals surface area (Å²) in [5.41, 5.74) is 0.599. The normalized spacial score (nSPS) is 11.6. The number of sulfonamides is 1. The van der Waals surface area contributed by atoms with Crippen LogP contribution >= 0.6 is 0 Å². The Kier molecular flexibility index (Phi) is 4.57. The second-order valence-electron chi connectivity index (χ2n) is 4.87. The van der Waals surface area contributed by atoms with Crippen LogP contribution in [0.4, 0.5) is 10.1 Å². The summed E-state index contributed by atoms with van der Waals surface area (Å²) in [4.78, 5) is 4.12. The molecule has 1 heterocycles. The van der Waals surface area contributed by atoms with Crippen molar-refractivity contribution in [3.8, 4) is 0 Å². The average Bonchev–Trinajstić information content (AvgIpc) is 2.46. The van der Waals surface area contributed by atoms with E-state index in [0.717, 1.165) is 4.31 Å². The van der Waals surface area contributed by atoms with Gasteiger partial charge in [0.05, 0.1) is 23.2 Å². The summed E-state index contributed by atoms with van der Waals surface area (Å²) in [5, 5.41) is -0.652. The van der Waals surface area contributed by atoms with E-state index in [1.807, 2.05) is 0 Å². The molecule has 0 aliphatic heterocycles. The van der Waals surface area contributed by atoms with Gasteiger partial charge in [-0.15, -0.1) is 0 Å². The van der Waals surface area contributed by atoms with E-state index < -0.39 is 21.1 Å². The molecule has 0 aliphatic rings. The Morgan fingerprint density at radius 2 is 1.81 bits per heavy atom. The maximum atomic E-state index is 14.0. The summed E-state index contributed by atoms with van der Waals surface area (Å²) < 4.78 is 40.1. The fraction of sp³-hybridized carbons (Fsp3) is 0.267. The van der Waals surface area contributed by atoms with Crippen LogP contribution in [0, 0.1) is 5.82 Å². The number of nitrogens with zero attached hydrogens (tertiary/aromatic N) is 2. The van der Waals surface area contributed by atoms with Gasteiger partial charge in [0, 0.05) is 6.20 Å². The van der Waals surface area contributed by atoms with Crippen LogP contribution in [0.15, 0.2) is 48.7 Å². The highest BCUT2D eigenvalue weighted by Gasteiger charge is 2.28. The van der Waals surface area contributed by atoms with Gasteiger partial charge in [0.25, 0.3) is 0 Å². The van der Waals surface area contributed by atoms with Crippen LogP contribution < -0.4 is 4.31 Å². The van der Waals surface area contributed by atoms with Crippen LogP contribution in [0.5, 0.6) is 0 Å². The minimum atomic E-state index is -3.66. The molecule has 0 unspecified atom stereocenters. The van der Waals surface area contributed by atoms with E-state index in [2.05, 4.69) is 4.98 Å². The zero-order valence-electron chi connectivity index (χ0n) is 11.9. The second kappa shape index (κ2) is 6.22. The van der Waals surface area contributed by atoms with Crippen molar-refractivity contribution in [3.05, 3.63) is 60.2 Å². The predicted molar refractivity (Wildman–Crippen MR) is 80.9 cm³/mol. The van der Waals surface area contributed by atoms with Gasteiger partial charge in [-0.3, -0.25) is 9.29 Å². The van der Waals surface area contributed by atoms with Crippen LogP contribution in [-0.2, 0) is 16.6 Å². The molecule has 112 valence electrons. The molecule has 0 saturated heterocycles. The van der Waals surface area contributed by atoms with Gasteiger partial charge < -0.3 is 0 Å². The summed E-state index contributed by atoms with van der Waals surface area (Å²) in [6.45, 7) is 3.14. The highest BCUT2D eigenvalue weighted by Crippen LogP contribution is 2.25. The van der Waals surface area contributed by atoms with Crippen LogP contribution in [0.1, 0.15) is 19.5 Å². The molecule has 1 aromatic heterocycles. The number of aromatic nitrogens is 1. The molecule has 0 atom stereocenters. The summed E-state index contributed by atoms with van der Waals surface area (Å²) in [6, 6.07) is 11.1. The Balaban J connectivity index is 2.48. The first kappa shape index (κ1) is 15.4. The lowest BCUT2D eigenvalue weighted by atomic mass is 10.3. The van der Waals surface area contributed by atoms with Crippen molar-refractivity contribution in [1.82, 2.24) is 4.98 Å². The summed E-state index contributed by atoms with van der Waals surface area (Å²) in [6.07, 6.45) is 1.58. The molecular formula is C15H17FN2O2S. The Morgan fingerprint density at radius 1 is 1.14 bits per heavy atom. The van der Waals surface area contributed by atoms with Crippen molar-refractivity contribution in [2.75, 3.05) is 4.31 Å². The number of rotatable bonds is 5. The first-order valence-corrected chi connectivity index (χ1v) is 8.09. The predicted octanol–water partition coefficient (Wildman–Crippen LogP) is 2.97. The summed E-state index contributed by atoms with van der Waals surface area (Å²) >= 11 is 0. The third-order valence-electron chi connectivity index (χ3n) is 3.06. The maximum Gasteiger partial charge on any atom is 0.237 e. The van der Waals surface area contributed by atoms with Crippen molar-refractivity contribution in [2.45, 2.75) is 25.6 Å². The van der Waals surface area contributed by atoms with Gasteiger partial charge in [-0.2, -0.15) is 0 Å². The fourth-order valence-corrected chi connectivity index (χ4v) is 3.10. The van der Waals surface area contributed by atoms with Gasteiger partial charge in [-0.05, 0) is 38.1 Å². The Bertz CT molecular complexity index is 703. The minimum absolute atomic E-state index is 0.00227. The van der Waals surface area contributed by atoms with E-state index in [1.54, 1.807) is 44.3 Å². The van der Waals surface area contributed by atoms with Gasteiger partial charge in [0.1, 0.15) is 5.82 Å². The van der Waals surface area contributed by atoms with Crippen molar-refractivity contribution in [1.29, 1.82) is 0 Å². The van der Waals surface area contributed by atoms with Crippen molar-refractivity contribution in [3.63, 3.8) is 0 Å². The third-order valence-corrected chi connectivity index (χ3v) is 5.19. The first-order valence-electron chi connectivity index (χ1n) is 6.59. The molecule has 4 nitrogen and oxygen atoms in total. The van der Waals surface area contributed by atoms with Gasteiger partial charge in [0.2, 0.25) is 10.0 Å². The van der Waals surface area contributed by atoms with E-state index >= 15 is 0 Å². The minimum Gasteiger partial charge on any atom is -0.261 e. The number of benzene rings is 1. The molecule has 6 heteroatoms. The molecule has 0 aliphatic carbocycles. The molecule has 2 rings (SSSR count). The van der Waals surface area contributed by atoms with Crippen LogP contribution in [0.25, 0.3) is 0 Å². The number of para-hydroxylation sites is 1. The smallest absolute Gasteiger partial charge is 0.237 e. The molecule has 0 radical (unpaired) electrons. The maximum absolute atomic E-state index is 14.0. The Hall–Kier alpha value is -1.95. The van der Waals surface area contributed by atoms with E-state index in [1.165, 1.54) is 18.2 Å². The SMILES string of the molecule is CC(C)S(=O)(=O)N(Cc1ccccn1)c1ccccc1F. The molecule has 0 amide bonds. The number of hydrogen-bond acceptors (Lipinski definition) is 3. The van der Waals surface area contributed by atoms with Gasteiger partial charge in [0.15, 0.2) is 0 Å². The zero-order chi connectivity index (χ0) is 15.5. The van der Waals surface area contributed by atoms with Gasteiger partial charge in [-0.25, -0.2) is 12.8 Å². The first-order chi connectivity index (χ1) is 9.93. The highest BCUT2D eigenvalue weighted by atomic mass is 32.2. The third kappa shape index (κ3) is 3.39. The molecular weight excluding hydrogens is 291 g/mol. The lowest BCUT2D eigenvalue weighted by Crippen LogP contribution is -2.36. The summed E-state index contributed by atoms with van der Waals surface area (Å²) in [5.74, 6) is -0.572. The molecule has 0 fully saturated rings. The van der Waals surface area contributed by atoms with Gasteiger partial charge >= 0.3 is 0 Å². The van der Waals surface area contributed by atoms with Crippen molar-refractivity contribution in [2.24, 2.45) is 0 Å². The van der Waals surface area contributed by atoms with Gasteiger partial charge in [-0.1, -0.05) is 18.2 Å². The van der Waals surface area contributed by atoms with E-state index in [9.17, 15) is 12.8 Å². The topological polar surface area (TPSA) is 50.3 Å². The van der Waals surface area contributed by atoms with E-state index in [0.29, 0.717) is 5.69 Å². The quantitative estimate of drug-likeness (QED) is 0.853. The van der Waals surface area contributed by atoms with E-state index in [-0.39, 0.29) is 12.2 Å². The number of halogens is 1. The standard InChI is InChI=1S/C15H17FN2O2S/c1-12(2)21(19,20)18(11-13-7-5-6-10-17-13)15-9-4-3-8-14(15)16/h3-10,12H,11H2,1-2H3. The molecule has 0 saturated carbocycles. The number of hydrogen-bond donors (Lipinski definition) is 0. The Morgan fingerprint density at radius 3 is 2.38 bits per heavy atom. The highest BCUT2D eigenvalue weighted by molar-refractivity contribution is 7.93. The molecule has 0 bridgehead atoms. The Labute approximate surface area is 124 Å². The summed E-state index contributed by atoms with van der Waals surface area (Å²) in [7, 11) is -3.66. The zero-order valence-corrected chi connectivity index (χ0v) is 12.7. The second-order valence-corrected chi connectivity index (χ2v) is 7.29. The van der Waals surface area contributed by atoms with Crippen LogP contribution in [0.2, 0.25) is 0 Å². The molecule has 0 spiro atoms. The van der Waals surface area contributed by atoms with Crippen molar-refractivity contribution < 1.29 is 12.8 Å². The van der Waals surface area contributed by atoms with Crippen LogP contribution in [0.3, 0.4) is 0 Å². The number of pyridine rings is 1. The lowest BCUT2D eigenvalue weighted by molar-refractivity contribution is 0.576. The molecule has 0 N–H and O–H groups in total. The molecule has 21 heavy (non-hydrogen) atoms. The molecule has 1 aromatic carbocycles.